The number of ether oxygens (including phenoxy) is 1. The zero-order chi connectivity index (χ0) is 14.7. The highest BCUT2D eigenvalue weighted by Crippen LogP contribution is 2.19. The van der Waals surface area contributed by atoms with E-state index in [2.05, 4.69) is 10.6 Å². The number of nitrogens with zero attached hydrogens (tertiary/aromatic N) is 2. The molecule has 0 spiro atoms. The minimum absolute atomic E-state index is 0.00772. The third kappa shape index (κ3) is 3.47. The van der Waals surface area contributed by atoms with Gasteiger partial charge in [-0.1, -0.05) is 0 Å². The van der Waals surface area contributed by atoms with Gasteiger partial charge in [0.25, 0.3) is 0 Å². The Hall–Kier alpha value is -1.34. The zero-order valence-corrected chi connectivity index (χ0v) is 12.3. The lowest BCUT2D eigenvalue weighted by atomic mass is 10.0. The first-order chi connectivity index (χ1) is 10.2. The van der Waals surface area contributed by atoms with E-state index in [1.54, 1.807) is 0 Å². The molecule has 2 N–H and O–H groups in total. The summed E-state index contributed by atoms with van der Waals surface area (Å²) in [6.45, 7) is 5.33. The molecule has 118 valence electrons. The van der Waals surface area contributed by atoms with Gasteiger partial charge in [0.15, 0.2) is 0 Å². The molecule has 0 aliphatic carbocycles. The monoisotopic (exact) mass is 296 g/mol. The zero-order valence-electron chi connectivity index (χ0n) is 12.3. The Bertz CT molecular complexity index is 390. The summed E-state index contributed by atoms with van der Waals surface area (Å²) in [6.07, 6.45) is 2.22. The average Bonchev–Trinajstić information content (AvgIpc) is 2.94. The highest BCUT2D eigenvalue weighted by Gasteiger charge is 2.32. The van der Waals surface area contributed by atoms with Gasteiger partial charge in [-0.25, -0.2) is 4.79 Å². The van der Waals surface area contributed by atoms with Crippen molar-refractivity contribution < 1.29 is 14.3 Å². The fraction of sp³-hybridized carbons (Fsp3) is 0.857. The lowest BCUT2D eigenvalue weighted by molar-refractivity contribution is -0.136. The van der Waals surface area contributed by atoms with Gasteiger partial charge >= 0.3 is 6.03 Å². The smallest absolute Gasteiger partial charge is 0.317 e. The molecule has 7 nitrogen and oxygen atoms in total. The summed E-state index contributed by atoms with van der Waals surface area (Å²) in [6, 6.07) is 0.325. The van der Waals surface area contributed by atoms with Gasteiger partial charge in [0.2, 0.25) is 5.91 Å². The van der Waals surface area contributed by atoms with E-state index < -0.39 is 0 Å². The van der Waals surface area contributed by atoms with Gasteiger partial charge in [-0.2, -0.15) is 0 Å². The first-order valence-corrected chi connectivity index (χ1v) is 7.88. The minimum Gasteiger partial charge on any atom is -0.375 e. The fourth-order valence-electron chi connectivity index (χ4n) is 3.34. The van der Waals surface area contributed by atoms with Gasteiger partial charge < -0.3 is 25.2 Å². The maximum atomic E-state index is 12.3. The van der Waals surface area contributed by atoms with Crippen molar-refractivity contribution >= 4 is 11.9 Å². The Labute approximate surface area is 125 Å². The fourth-order valence-corrected chi connectivity index (χ4v) is 3.34. The molecule has 3 aliphatic heterocycles. The van der Waals surface area contributed by atoms with E-state index in [-0.39, 0.29) is 24.1 Å². The van der Waals surface area contributed by atoms with Gasteiger partial charge in [0.05, 0.1) is 19.1 Å². The predicted octanol–water partition coefficient (Wildman–Crippen LogP) is -0.619. The summed E-state index contributed by atoms with van der Waals surface area (Å²) >= 11 is 0. The maximum Gasteiger partial charge on any atom is 0.317 e. The van der Waals surface area contributed by atoms with E-state index in [1.165, 1.54) is 0 Å². The summed E-state index contributed by atoms with van der Waals surface area (Å²) in [4.78, 5) is 27.8. The van der Waals surface area contributed by atoms with Gasteiger partial charge in [-0.15, -0.1) is 0 Å². The first kappa shape index (κ1) is 14.6. The molecule has 3 aliphatic rings. The highest BCUT2D eigenvalue weighted by molar-refractivity contribution is 5.77. The van der Waals surface area contributed by atoms with E-state index in [4.69, 9.17) is 4.74 Å². The van der Waals surface area contributed by atoms with E-state index in [1.807, 2.05) is 9.80 Å². The van der Waals surface area contributed by atoms with Crippen molar-refractivity contribution in [3.8, 4) is 0 Å². The minimum atomic E-state index is 0.00772. The molecule has 3 amide bonds. The van der Waals surface area contributed by atoms with Crippen LogP contribution in [-0.4, -0.2) is 79.8 Å². The molecule has 0 radical (unpaired) electrons. The molecule has 0 aromatic carbocycles. The summed E-state index contributed by atoms with van der Waals surface area (Å²) in [7, 11) is 0. The van der Waals surface area contributed by atoms with Crippen molar-refractivity contribution in [2.45, 2.75) is 31.4 Å². The summed E-state index contributed by atoms with van der Waals surface area (Å²) in [5, 5.41) is 6.08. The molecule has 0 aromatic rings. The Balaban J connectivity index is 1.44. The molecular formula is C14H24N4O3. The van der Waals surface area contributed by atoms with Gasteiger partial charge in [0.1, 0.15) is 0 Å². The molecule has 21 heavy (non-hydrogen) atoms. The second kappa shape index (κ2) is 6.62. The Morgan fingerprint density at radius 3 is 2.67 bits per heavy atom. The van der Waals surface area contributed by atoms with Crippen LogP contribution in [0, 0.1) is 0 Å². The number of urea groups is 1. The largest absolute Gasteiger partial charge is 0.375 e. The number of morpholine rings is 1. The molecule has 3 rings (SSSR count). The molecule has 7 heteroatoms. The van der Waals surface area contributed by atoms with Gasteiger partial charge in [-0.3, -0.25) is 4.79 Å². The molecule has 3 saturated heterocycles. The normalized spacial score (nSPS) is 27.8. The van der Waals surface area contributed by atoms with Crippen LogP contribution in [0.1, 0.15) is 19.3 Å². The topological polar surface area (TPSA) is 73.9 Å². The standard InChI is InChI=1S/C14H24N4O3/c19-13(9-12-10-15-4-8-21-12)17-5-1-11(2-6-17)18-7-3-16-14(18)20/h11-12,15H,1-10H2,(H,16,20). The van der Waals surface area contributed by atoms with Gasteiger partial charge in [-0.05, 0) is 12.8 Å². The molecule has 0 aromatic heterocycles. The number of rotatable bonds is 3. The molecule has 3 heterocycles. The van der Waals surface area contributed by atoms with Crippen LogP contribution in [0.5, 0.6) is 0 Å². The lowest BCUT2D eigenvalue weighted by Crippen LogP contribution is -2.49. The lowest BCUT2D eigenvalue weighted by Gasteiger charge is -2.36. The molecule has 1 atom stereocenters. The molecule has 0 bridgehead atoms. The first-order valence-electron chi connectivity index (χ1n) is 7.88. The second-order valence-electron chi connectivity index (χ2n) is 5.94. The van der Waals surface area contributed by atoms with Crippen LogP contribution in [0.4, 0.5) is 4.79 Å². The van der Waals surface area contributed by atoms with Crippen LogP contribution in [0.2, 0.25) is 0 Å². The number of hydrogen-bond donors (Lipinski definition) is 2. The van der Waals surface area contributed by atoms with Crippen LogP contribution in [0.3, 0.4) is 0 Å². The van der Waals surface area contributed by atoms with Crippen LogP contribution < -0.4 is 10.6 Å². The number of carbonyl (C=O) groups is 2. The summed E-state index contributed by atoms with van der Waals surface area (Å²) in [5.74, 6) is 0.174. The van der Waals surface area contributed by atoms with E-state index >= 15 is 0 Å². The predicted molar refractivity (Wildman–Crippen MR) is 76.9 cm³/mol. The van der Waals surface area contributed by atoms with Crippen LogP contribution in [-0.2, 0) is 9.53 Å². The maximum absolute atomic E-state index is 12.3. The molecule has 1 unspecified atom stereocenters. The SMILES string of the molecule is O=C(CC1CNCCO1)N1CCC(N2CCNC2=O)CC1. The van der Waals surface area contributed by atoms with Crippen LogP contribution in [0.25, 0.3) is 0 Å². The molecule has 0 saturated carbocycles. The van der Waals surface area contributed by atoms with Crippen molar-refractivity contribution in [2.75, 3.05) is 45.9 Å². The van der Waals surface area contributed by atoms with E-state index in [9.17, 15) is 9.59 Å². The van der Waals surface area contributed by atoms with E-state index in [0.29, 0.717) is 13.0 Å². The number of hydrogen-bond acceptors (Lipinski definition) is 4. The van der Waals surface area contributed by atoms with Gasteiger partial charge in [0, 0.05) is 45.3 Å². The Morgan fingerprint density at radius 2 is 2.05 bits per heavy atom. The summed E-state index contributed by atoms with van der Waals surface area (Å²) in [5.41, 5.74) is 0. The van der Waals surface area contributed by atoms with Crippen LogP contribution >= 0.6 is 0 Å². The number of likely N-dealkylation sites (tertiary alicyclic amines) is 1. The van der Waals surface area contributed by atoms with Crippen molar-refractivity contribution in [3.63, 3.8) is 0 Å². The average molecular weight is 296 g/mol. The van der Waals surface area contributed by atoms with Crippen molar-refractivity contribution in [1.29, 1.82) is 0 Å². The van der Waals surface area contributed by atoms with Crippen LogP contribution in [0.15, 0.2) is 0 Å². The number of nitrogens with one attached hydrogen (secondary N) is 2. The van der Waals surface area contributed by atoms with Crippen molar-refractivity contribution in [2.24, 2.45) is 0 Å². The van der Waals surface area contributed by atoms with Crippen molar-refractivity contribution in [3.05, 3.63) is 0 Å². The second-order valence-corrected chi connectivity index (χ2v) is 5.94. The number of amides is 3. The Kier molecular flexibility index (Phi) is 4.60. The van der Waals surface area contributed by atoms with E-state index in [0.717, 1.165) is 52.1 Å². The Morgan fingerprint density at radius 1 is 1.24 bits per heavy atom. The van der Waals surface area contributed by atoms with Crippen molar-refractivity contribution in [1.82, 2.24) is 20.4 Å². The molecular weight excluding hydrogens is 272 g/mol. The third-order valence-corrected chi connectivity index (χ3v) is 4.55. The highest BCUT2D eigenvalue weighted by atomic mass is 16.5. The quantitative estimate of drug-likeness (QED) is 0.728. The third-order valence-electron chi connectivity index (χ3n) is 4.55. The number of carbonyl (C=O) groups excluding carboxylic acids is 2. The summed E-state index contributed by atoms with van der Waals surface area (Å²) < 4.78 is 5.58. The molecule has 3 fully saturated rings. The number of piperidine rings is 1.